The zero-order valence-corrected chi connectivity index (χ0v) is 24.6. The highest BCUT2D eigenvalue weighted by Crippen LogP contribution is 2.42. The van der Waals surface area contributed by atoms with E-state index in [9.17, 15) is 18.7 Å². The number of benzene rings is 2. The highest BCUT2D eigenvalue weighted by molar-refractivity contribution is 8.00. The Bertz CT molecular complexity index is 1510. The highest BCUT2D eigenvalue weighted by atomic mass is 32.2. The molecule has 1 fully saturated rings. The second kappa shape index (κ2) is 15.7. The van der Waals surface area contributed by atoms with E-state index in [1.165, 1.54) is 47.3 Å². The SMILES string of the molecule is CC(SC1COC(C=CC=Cc2ccc(C#N)cc2F)OC1)C(Cn1cncn1)(OC(=O)CCCO)c1ccc(F)cc1F. The van der Waals surface area contributed by atoms with Crippen LogP contribution in [0, 0.1) is 28.8 Å². The number of carbonyl (C=O) groups is 1. The smallest absolute Gasteiger partial charge is 0.306 e. The standard InChI is InChI=1S/C31H31F3N4O5S/c1-21(44-25-16-41-30(42-17-25)7-3-2-5-23-9-8-22(15-35)13-27(23)33)31(18-38-20-36-19-37-38,43-29(40)6-4-12-39)26-11-10-24(32)14-28(26)34/h2-3,5,7-11,13-14,19-21,25,30,39H,4,6,12,16-18H2,1H3. The number of carbonyl (C=O) groups excluding carboxylic acids is 1. The number of thioether (sulfide) groups is 1. The van der Waals surface area contributed by atoms with Gasteiger partial charge in [-0.1, -0.05) is 24.3 Å². The molecule has 0 bridgehead atoms. The molecule has 0 aliphatic carbocycles. The van der Waals surface area contributed by atoms with Crippen molar-refractivity contribution in [3.05, 3.63) is 101 Å². The Morgan fingerprint density at radius 2 is 2.02 bits per heavy atom. The van der Waals surface area contributed by atoms with E-state index in [4.69, 9.17) is 19.5 Å². The molecule has 0 saturated carbocycles. The fourth-order valence-electron chi connectivity index (χ4n) is 4.60. The first-order valence-corrected chi connectivity index (χ1v) is 14.7. The Morgan fingerprint density at radius 3 is 2.68 bits per heavy atom. The van der Waals surface area contributed by atoms with Gasteiger partial charge in [0.05, 0.1) is 36.6 Å². The predicted molar refractivity (Wildman–Crippen MR) is 156 cm³/mol. The van der Waals surface area contributed by atoms with Crippen molar-refractivity contribution in [3.8, 4) is 6.07 Å². The van der Waals surface area contributed by atoms with E-state index in [0.717, 1.165) is 18.2 Å². The van der Waals surface area contributed by atoms with Crippen molar-refractivity contribution in [1.29, 1.82) is 5.26 Å². The molecule has 1 aliphatic rings. The van der Waals surface area contributed by atoms with Crippen molar-refractivity contribution in [2.75, 3.05) is 19.8 Å². The van der Waals surface area contributed by atoms with Crippen molar-refractivity contribution >= 4 is 23.8 Å². The molecule has 2 atom stereocenters. The molecule has 0 amide bonds. The summed E-state index contributed by atoms with van der Waals surface area (Å²) in [6.07, 6.45) is 8.59. The van der Waals surface area contributed by atoms with E-state index in [2.05, 4.69) is 10.1 Å². The van der Waals surface area contributed by atoms with Crippen LogP contribution in [0.4, 0.5) is 13.2 Å². The molecule has 1 aromatic heterocycles. The number of allylic oxidation sites excluding steroid dienone is 2. The third kappa shape index (κ3) is 8.57. The number of aliphatic hydroxyl groups excluding tert-OH is 1. The maximum absolute atomic E-state index is 15.4. The second-order valence-corrected chi connectivity index (χ2v) is 11.6. The van der Waals surface area contributed by atoms with Gasteiger partial charge in [0.2, 0.25) is 0 Å². The Balaban J connectivity index is 1.47. The van der Waals surface area contributed by atoms with E-state index in [0.29, 0.717) is 5.56 Å². The van der Waals surface area contributed by atoms with Gasteiger partial charge in [0.25, 0.3) is 0 Å². The molecule has 9 nitrogen and oxygen atoms in total. The summed E-state index contributed by atoms with van der Waals surface area (Å²) < 4.78 is 62.4. The Labute approximate surface area is 257 Å². The number of hydrogen-bond donors (Lipinski definition) is 1. The van der Waals surface area contributed by atoms with E-state index in [-0.39, 0.29) is 55.6 Å². The molecule has 4 rings (SSSR count). The van der Waals surface area contributed by atoms with Gasteiger partial charge in [-0.3, -0.25) is 4.79 Å². The first-order valence-electron chi connectivity index (χ1n) is 13.8. The van der Waals surface area contributed by atoms with Crippen LogP contribution in [0.5, 0.6) is 0 Å². The summed E-state index contributed by atoms with van der Waals surface area (Å²) in [7, 11) is 0. The molecule has 13 heteroatoms. The van der Waals surface area contributed by atoms with E-state index in [1.54, 1.807) is 31.2 Å². The predicted octanol–water partition coefficient (Wildman–Crippen LogP) is 4.91. The van der Waals surface area contributed by atoms with Gasteiger partial charge in [-0.25, -0.2) is 22.8 Å². The fraction of sp³-hybridized carbons (Fsp3) is 0.355. The lowest BCUT2D eigenvalue weighted by molar-refractivity contribution is -0.164. The van der Waals surface area contributed by atoms with Gasteiger partial charge in [-0.2, -0.15) is 10.4 Å². The summed E-state index contributed by atoms with van der Waals surface area (Å²) in [6, 6.07) is 9.18. The Kier molecular flexibility index (Phi) is 11.7. The van der Waals surface area contributed by atoms with Gasteiger partial charge in [-0.15, -0.1) is 11.8 Å². The maximum atomic E-state index is 15.4. The van der Waals surface area contributed by atoms with E-state index < -0.39 is 40.6 Å². The van der Waals surface area contributed by atoms with Crippen molar-refractivity contribution in [3.63, 3.8) is 0 Å². The molecule has 2 heterocycles. The van der Waals surface area contributed by atoms with Crippen LogP contribution < -0.4 is 0 Å². The summed E-state index contributed by atoms with van der Waals surface area (Å²) in [5.74, 6) is -2.83. The minimum absolute atomic E-state index is 0.0318. The molecule has 1 N–H and O–H groups in total. The maximum Gasteiger partial charge on any atom is 0.306 e. The van der Waals surface area contributed by atoms with Crippen LogP contribution in [0.2, 0.25) is 0 Å². The lowest BCUT2D eigenvalue weighted by atomic mass is 9.89. The zero-order chi connectivity index (χ0) is 31.5. The van der Waals surface area contributed by atoms with Gasteiger partial charge >= 0.3 is 5.97 Å². The van der Waals surface area contributed by atoms with E-state index in [1.807, 2.05) is 6.07 Å². The topological polar surface area (TPSA) is 119 Å². The van der Waals surface area contributed by atoms with Crippen molar-refractivity contribution in [2.24, 2.45) is 0 Å². The van der Waals surface area contributed by atoms with Crippen molar-refractivity contribution in [2.45, 2.75) is 48.7 Å². The molecule has 2 aromatic carbocycles. The quantitative estimate of drug-likeness (QED) is 0.208. The van der Waals surface area contributed by atoms with Crippen LogP contribution in [0.15, 0.2) is 67.3 Å². The molecule has 1 aliphatic heterocycles. The molecular weight excluding hydrogens is 597 g/mol. The van der Waals surface area contributed by atoms with Crippen LogP contribution in [0.1, 0.15) is 36.5 Å². The Hall–Kier alpha value is -3.96. The molecular formula is C31H31F3N4O5S. The number of nitriles is 1. The minimum atomic E-state index is -1.63. The number of rotatable bonds is 13. The van der Waals surface area contributed by atoms with Crippen LogP contribution in [-0.4, -0.2) is 62.5 Å². The van der Waals surface area contributed by atoms with E-state index >= 15 is 4.39 Å². The monoisotopic (exact) mass is 628 g/mol. The Morgan fingerprint density at radius 1 is 1.23 bits per heavy atom. The third-order valence-corrected chi connectivity index (χ3v) is 8.26. The summed E-state index contributed by atoms with van der Waals surface area (Å²) in [5, 5.41) is 21.3. The van der Waals surface area contributed by atoms with Crippen LogP contribution in [0.3, 0.4) is 0 Å². The number of aliphatic hydroxyl groups is 1. The summed E-state index contributed by atoms with van der Waals surface area (Å²) >= 11 is 1.35. The van der Waals surface area contributed by atoms with Gasteiger partial charge in [0.15, 0.2) is 11.9 Å². The largest absolute Gasteiger partial charge is 0.451 e. The summed E-state index contributed by atoms with van der Waals surface area (Å²) in [6.45, 7) is 1.93. The molecule has 1 saturated heterocycles. The first kappa shape index (κ1) is 32.9. The first-order chi connectivity index (χ1) is 21.2. The van der Waals surface area contributed by atoms with Crippen molar-refractivity contribution < 1.29 is 37.3 Å². The second-order valence-electron chi connectivity index (χ2n) is 9.94. The van der Waals surface area contributed by atoms with Crippen LogP contribution >= 0.6 is 11.8 Å². The fourth-order valence-corrected chi connectivity index (χ4v) is 5.96. The van der Waals surface area contributed by atoms with Gasteiger partial charge in [0, 0.05) is 35.5 Å². The lowest BCUT2D eigenvalue weighted by Gasteiger charge is -2.40. The molecule has 3 aromatic rings. The highest BCUT2D eigenvalue weighted by Gasteiger charge is 2.46. The van der Waals surface area contributed by atoms with Crippen LogP contribution in [0.25, 0.3) is 6.08 Å². The average molecular weight is 629 g/mol. The summed E-state index contributed by atoms with van der Waals surface area (Å²) in [4.78, 5) is 16.9. The zero-order valence-electron chi connectivity index (χ0n) is 23.8. The van der Waals surface area contributed by atoms with Gasteiger partial charge < -0.3 is 19.3 Å². The van der Waals surface area contributed by atoms with Crippen molar-refractivity contribution in [1.82, 2.24) is 14.8 Å². The number of ether oxygens (including phenoxy) is 3. The number of esters is 1. The number of aromatic nitrogens is 3. The third-order valence-electron chi connectivity index (χ3n) is 6.82. The van der Waals surface area contributed by atoms with Gasteiger partial charge in [-0.05, 0) is 43.7 Å². The number of hydrogen-bond acceptors (Lipinski definition) is 9. The molecule has 2 unspecified atom stereocenters. The number of halogens is 3. The van der Waals surface area contributed by atoms with Crippen LogP contribution in [-0.2, 0) is 31.2 Å². The minimum Gasteiger partial charge on any atom is -0.451 e. The molecule has 0 radical (unpaired) electrons. The lowest BCUT2D eigenvalue weighted by Crippen LogP contribution is -2.47. The molecule has 0 spiro atoms. The van der Waals surface area contributed by atoms with Gasteiger partial charge in [0.1, 0.15) is 30.1 Å². The average Bonchev–Trinajstić information content (AvgIpc) is 3.52. The normalized spacial score (nSPS) is 19.1. The molecule has 44 heavy (non-hydrogen) atoms. The molecule has 232 valence electrons. The number of nitrogens with zero attached hydrogens (tertiary/aromatic N) is 4. The summed E-state index contributed by atoms with van der Waals surface area (Å²) in [5.41, 5.74) is -1.10.